The van der Waals surface area contributed by atoms with Gasteiger partial charge in [0, 0.05) is 16.2 Å². The summed E-state index contributed by atoms with van der Waals surface area (Å²) in [6.07, 6.45) is 1.58. The molecule has 0 fully saturated rings. The van der Waals surface area contributed by atoms with E-state index >= 15 is 0 Å². The number of ketones is 1. The van der Waals surface area contributed by atoms with Crippen LogP contribution < -0.4 is 4.74 Å². The maximum absolute atomic E-state index is 12.6. The summed E-state index contributed by atoms with van der Waals surface area (Å²) >= 11 is 5.90. The van der Waals surface area contributed by atoms with Crippen LogP contribution in [0.3, 0.4) is 0 Å². The molecule has 0 radical (unpaired) electrons. The van der Waals surface area contributed by atoms with Crippen LogP contribution in [-0.2, 0) is 9.84 Å². The summed E-state index contributed by atoms with van der Waals surface area (Å²) in [5.41, 5.74) is 1.04. The number of halogens is 1. The molecule has 0 unspecified atom stereocenters. The first-order valence-corrected chi connectivity index (χ1v) is 8.85. The Morgan fingerprint density at radius 3 is 2.70 bits per heavy atom. The van der Waals surface area contributed by atoms with Crippen molar-refractivity contribution in [3.63, 3.8) is 0 Å². The van der Waals surface area contributed by atoms with E-state index in [-0.39, 0.29) is 27.6 Å². The SMILES string of the molecule is COc1cccc(C=C2CS(=O)(=O)c3ccc(Cl)cc3C2=O)c1. The number of carbonyl (C=O) groups excluding carboxylic acids is 1. The first kappa shape index (κ1) is 15.8. The lowest BCUT2D eigenvalue weighted by molar-refractivity contribution is 0.103. The summed E-state index contributed by atoms with van der Waals surface area (Å²) < 4.78 is 29.9. The number of fused-ring (bicyclic) bond motifs is 1. The van der Waals surface area contributed by atoms with Crippen molar-refractivity contribution in [1.82, 2.24) is 0 Å². The minimum atomic E-state index is -3.56. The molecule has 0 saturated carbocycles. The summed E-state index contributed by atoms with van der Waals surface area (Å²) in [5, 5.41) is 0.329. The molecule has 0 atom stereocenters. The minimum absolute atomic E-state index is 0.0368. The molecular formula is C17H13ClO4S. The van der Waals surface area contributed by atoms with E-state index in [4.69, 9.17) is 16.3 Å². The zero-order valence-electron chi connectivity index (χ0n) is 12.2. The number of benzene rings is 2. The third kappa shape index (κ3) is 3.02. The highest BCUT2D eigenvalue weighted by atomic mass is 35.5. The van der Waals surface area contributed by atoms with Gasteiger partial charge < -0.3 is 4.74 Å². The van der Waals surface area contributed by atoms with E-state index in [9.17, 15) is 13.2 Å². The van der Waals surface area contributed by atoms with Crippen molar-refractivity contribution in [3.05, 3.63) is 64.2 Å². The molecule has 23 heavy (non-hydrogen) atoms. The second-order valence-electron chi connectivity index (χ2n) is 5.17. The summed E-state index contributed by atoms with van der Waals surface area (Å²) in [7, 11) is -2.01. The van der Waals surface area contributed by atoms with Gasteiger partial charge in [0.15, 0.2) is 15.6 Å². The first-order chi connectivity index (χ1) is 10.9. The van der Waals surface area contributed by atoms with Gasteiger partial charge in [0.1, 0.15) is 5.75 Å². The Labute approximate surface area is 139 Å². The largest absolute Gasteiger partial charge is 0.497 e. The smallest absolute Gasteiger partial charge is 0.191 e. The number of hydrogen-bond donors (Lipinski definition) is 0. The molecule has 3 rings (SSSR count). The van der Waals surface area contributed by atoms with Crippen LogP contribution in [0.5, 0.6) is 5.75 Å². The highest BCUT2D eigenvalue weighted by Crippen LogP contribution is 2.31. The van der Waals surface area contributed by atoms with E-state index in [1.165, 1.54) is 18.2 Å². The fraction of sp³-hybridized carbons (Fsp3) is 0.118. The molecular weight excluding hydrogens is 336 g/mol. The molecule has 1 aliphatic rings. The van der Waals surface area contributed by atoms with Gasteiger partial charge in [-0.25, -0.2) is 8.42 Å². The van der Waals surface area contributed by atoms with Crippen molar-refractivity contribution in [2.24, 2.45) is 0 Å². The predicted molar refractivity (Wildman–Crippen MR) is 88.8 cm³/mol. The second-order valence-corrected chi connectivity index (χ2v) is 7.57. The zero-order valence-corrected chi connectivity index (χ0v) is 13.8. The molecule has 0 saturated heterocycles. The topological polar surface area (TPSA) is 60.4 Å². The number of Topliss-reactive ketones (excluding diaryl/α,β-unsaturated/α-hetero) is 1. The van der Waals surface area contributed by atoms with Gasteiger partial charge in [-0.05, 0) is 42.0 Å². The first-order valence-electron chi connectivity index (χ1n) is 6.82. The fourth-order valence-corrected chi connectivity index (χ4v) is 4.23. The second kappa shape index (κ2) is 5.83. The number of hydrogen-bond acceptors (Lipinski definition) is 4. The van der Waals surface area contributed by atoms with E-state index in [2.05, 4.69) is 0 Å². The highest BCUT2D eigenvalue weighted by Gasteiger charge is 2.32. The lowest BCUT2D eigenvalue weighted by atomic mass is 10.0. The van der Waals surface area contributed by atoms with Crippen LogP contribution in [0.4, 0.5) is 0 Å². The molecule has 1 heterocycles. The molecule has 1 aliphatic heterocycles. The Hall–Kier alpha value is -2.11. The van der Waals surface area contributed by atoms with Crippen LogP contribution in [0, 0.1) is 0 Å². The van der Waals surface area contributed by atoms with Crippen LogP contribution in [-0.4, -0.2) is 27.1 Å². The van der Waals surface area contributed by atoms with Gasteiger partial charge >= 0.3 is 0 Å². The number of sulfone groups is 1. The van der Waals surface area contributed by atoms with Crippen molar-refractivity contribution in [1.29, 1.82) is 0 Å². The van der Waals surface area contributed by atoms with Gasteiger partial charge in [-0.1, -0.05) is 23.7 Å². The molecule has 4 nitrogen and oxygen atoms in total. The molecule has 2 aromatic rings. The molecule has 2 aromatic carbocycles. The molecule has 0 aliphatic carbocycles. The van der Waals surface area contributed by atoms with Gasteiger partial charge in [0.05, 0.1) is 17.8 Å². The van der Waals surface area contributed by atoms with E-state index in [1.807, 2.05) is 0 Å². The highest BCUT2D eigenvalue weighted by molar-refractivity contribution is 7.91. The maximum Gasteiger partial charge on any atom is 0.191 e. The predicted octanol–water partition coefficient (Wildman–Crippen LogP) is 3.40. The van der Waals surface area contributed by atoms with Crippen LogP contribution >= 0.6 is 11.6 Å². The standard InChI is InChI=1S/C17H13ClO4S/c1-22-14-4-2-3-11(8-14)7-12-10-23(20,21)16-6-5-13(18)9-15(16)17(12)19/h2-9H,10H2,1H3. The van der Waals surface area contributed by atoms with Crippen LogP contribution in [0.15, 0.2) is 52.9 Å². The molecule has 0 amide bonds. The average Bonchev–Trinajstić information content (AvgIpc) is 2.52. The van der Waals surface area contributed by atoms with Gasteiger partial charge in [0.2, 0.25) is 0 Å². The van der Waals surface area contributed by atoms with Gasteiger partial charge in [-0.2, -0.15) is 0 Å². The number of methoxy groups -OCH3 is 1. The molecule has 0 aromatic heterocycles. The lowest BCUT2D eigenvalue weighted by Gasteiger charge is -2.18. The van der Waals surface area contributed by atoms with E-state index < -0.39 is 9.84 Å². The van der Waals surface area contributed by atoms with Crippen molar-refractivity contribution < 1.29 is 17.9 Å². The Morgan fingerprint density at radius 1 is 1.17 bits per heavy atom. The third-order valence-electron chi connectivity index (χ3n) is 3.59. The number of carbonyl (C=O) groups is 1. The normalized spacial score (nSPS) is 17.8. The van der Waals surface area contributed by atoms with Crippen molar-refractivity contribution in [3.8, 4) is 5.75 Å². The van der Waals surface area contributed by atoms with E-state index in [0.717, 1.165) is 0 Å². The van der Waals surface area contributed by atoms with Gasteiger partial charge in [0.25, 0.3) is 0 Å². The van der Waals surface area contributed by atoms with Crippen LogP contribution in [0.1, 0.15) is 15.9 Å². The molecule has 0 N–H and O–H groups in total. The van der Waals surface area contributed by atoms with Crippen molar-refractivity contribution >= 4 is 33.3 Å². The average molecular weight is 349 g/mol. The van der Waals surface area contributed by atoms with Crippen LogP contribution in [0.25, 0.3) is 6.08 Å². The van der Waals surface area contributed by atoms with Gasteiger partial charge in [-0.15, -0.1) is 0 Å². The summed E-state index contributed by atoms with van der Waals surface area (Å²) in [5.74, 6) is -0.00781. The molecule has 118 valence electrons. The number of rotatable bonds is 2. The van der Waals surface area contributed by atoms with Crippen molar-refractivity contribution in [2.75, 3.05) is 12.9 Å². The quantitative estimate of drug-likeness (QED) is 0.780. The summed E-state index contributed by atoms with van der Waals surface area (Å²) in [4.78, 5) is 12.6. The van der Waals surface area contributed by atoms with Crippen molar-refractivity contribution in [2.45, 2.75) is 4.90 Å². The van der Waals surface area contributed by atoms with Crippen LogP contribution in [0.2, 0.25) is 5.02 Å². The Balaban J connectivity index is 2.12. The Bertz CT molecular complexity index is 929. The van der Waals surface area contributed by atoms with E-state index in [1.54, 1.807) is 37.5 Å². The monoisotopic (exact) mass is 348 g/mol. The fourth-order valence-electron chi connectivity index (χ4n) is 2.51. The third-order valence-corrected chi connectivity index (χ3v) is 5.55. The minimum Gasteiger partial charge on any atom is -0.497 e. The lowest BCUT2D eigenvalue weighted by Crippen LogP contribution is -2.24. The van der Waals surface area contributed by atoms with E-state index in [0.29, 0.717) is 16.3 Å². The Morgan fingerprint density at radius 2 is 1.96 bits per heavy atom. The zero-order chi connectivity index (χ0) is 16.6. The summed E-state index contributed by atoms with van der Waals surface area (Å²) in [6, 6.07) is 11.3. The maximum atomic E-state index is 12.6. The molecule has 0 bridgehead atoms. The molecule has 6 heteroatoms. The summed E-state index contributed by atoms with van der Waals surface area (Å²) in [6.45, 7) is 0. The number of ether oxygens (including phenoxy) is 1. The molecule has 0 spiro atoms. The Kier molecular flexibility index (Phi) is 4.00. The van der Waals surface area contributed by atoms with Gasteiger partial charge in [-0.3, -0.25) is 4.79 Å².